The standard InChI is InChI=1S/C16H26N2/c1-12(2)7-13(3)18(4)11-14-5-6-15-9-17-10-16(15)8-14/h5-6,8,12-13,17H,7,9-11H2,1-4H3. The van der Waals surface area contributed by atoms with Crippen LogP contribution in [-0.4, -0.2) is 18.0 Å². The Morgan fingerprint density at radius 2 is 1.89 bits per heavy atom. The van der Waals surface area contributed by atoms with E-state index in [2.05, 4.69) is 56.2 Å². The van der Waals surface area contributed by atoms with E-state index >= 15 is 0 Å². The Kier molecular flexibility index (Phi) is 4.41. The summed E-state index contributed by atoms with van der Waals surface area (Å²) in [7, 11) is 2.23. The minimum Gasteiger partial charge on any atom is -0.309 e. The van der Waals surface area contributed by atoms with Gasteiger partial charge in [0.15, 0.2) is 0 Å². The van der Waals surface area contributed by atoms with Crippen LogP contribution in [0, 0.1) is 5.92 Å². The molecule has 1 aliphatic heterocycles. The molecular weight excluding hydrogens is 220 g/mol. The number of hydrogen-bond donors (Lipinski definition) is 1. The molecule has 0 aromatic heterocycles. The van der Waals surface area contributed by atoms with Crippen molar-refractivity contribution in [2.24, 2.45) is 5.92 Å². The molecule has 1 N–H and O–H groups in total. The van der Waals surface area contributed by atoms with Crippen LogP contribution >= 0.6 is 0 Å². The van der Waals surface area contributed by atoms with E-state index < -0.39 is 0 Å². The van der Waals surface area contributed by atoms with Crippen molar-refractivity contribution < 1.29 is 0 Å². The Labute approximate surface area is 111 Å². The molecule has 100 valence electrons. The van der Waals surface area contributed by atoms with Gasteiger partial charge in [-0.1, -0.05) is 32.0 Å². The van der Waals surface area contributed by atoms with E-state index in [9.17, 15) is 0 Å². The molecule has 1 heterocycles. The molecule has 0 saturated heterocycles. The maximum atomic E-state index is 3.40. The van der Waals surface area contributed by atoms with Crippen LogP contribution in [0.25, 0.3) is 0 Å². The van der Waals surface area contributed by atoms with Gasteiger partial charge < -0.3 is 5.32 Å². The van der Waals surface area contributed by atoms with Crippen LogP contribution in [0.3, 0.4) is 0 Å². The van der Waals surface area contributed by atoms with Crippen LogP contribution in [0.5, 0.6) is 0 Å². The molecule has 1 unspecified atom stereocenters. The molecule has 0 spiro atoms. The summed E-state index contributed by atoms with van der Waals surface area (Å²) < 4.78 is 0. The van der Waals surface area contributed by atoms with E-state index in [1.54, 1.807) is 0 Å². The highest BCUT2D eigenvalue weighted by atomic mass is 15.1. The van der Waals surface area contributed by atoms with Gasteiger partial charge in [0.2, 0.25) is 0 Å². The number of fused-ring (bicyclic) bond motifs is 1. The summed E-state index contributed by atoms with van der Waals surface area (Å²) in [5.74, 6) is 0.770. The number of benzene rings is 1. The van der Waals surface area contributed by atoms with Gasteiger partial charge in [-0.15, -0.1) is 0 Å². The van der Waals surface area contributed by atoms with Crippen molar-refractivity contribution >= 4 is 0 Å². The van der Waals surface area contributed by atoms with Gasteiger partial charge in [-0.3, -0.25) is 4.90 Å². The summed E-state index contributed by atoms with van der Waals surface area (Å²) in [5, 5.41) is 3.40. The highest BCUT2D eigenvalue weighted by Crippen LogP contribution is 2.19. The van der Waals surface area contributed by atoms with Crippen LogP contribution < -0.4 is 5.32 Å². The lowest BCUT2D eigenvalue weighted by atomic mass is 10.0. The number of hydrogen-bond acceptors (Lipinski definition) is 2. The molecule has 1 aromatic rings. The van der Waals surface area contributed by atoms with Crippen LogP contribution in [0.2, 0.25) is 0 Å². The van der Waals surface area contributed by atoms with Crippen molar-refractivity contribution in [1.29, 1.82) is 0 Å². The first-order valence-corrected chi connectivity index (χ1v) is 7.08. The molecule has 0 amide bonds. The largest absolute Gasteiger partial charge is 0.309 e. The van der Waals surface area contributed by atoms with Gasteiger partial charge in [0.05, 0.1) is 0 Å². The molecule has 1 aromatic carbocycles. The fraction of sp³-hybridized carbons (Fsp3) is 0.625. The Bertz CT molecular complexity index is 398. The van der Waals surface area contributed by atoms with E-state index in [4.69, 9.17) is 0 Å². The van der Waals surface area contributed by atoms with Crippen molar-refractivity contribution in [1.82, 2.24) is 10.2 Å². The molecule has 0 bridgehead atoms. The molecule has 1 aliphatic rings. The van der Waals surface area contributed by atoms with E-state index in [1.807, 2.05) is 0 Å². The molecule has 2 rings (SSSR count). The Balaban J connectivity index is 1.96. The zero-order valence-electron chi connectivity index (χ0n) is 12.2. The zero-order chi connectivity index (χ0) is 13.1. The summed E-state index contributed by atoms with van der Waals surface area (Å²) in [6.45, 7) is 10.1. The Morgan fingerprint density at radius 1 is 1.17 bits per heavy atom. The van der Waals surface area contributed by atoms with Gasteiger partial charge in [0.1, 0.15) is 0 Å². The third-order valence-electron chi connectivity index (χ3n) is 3.90. The fourth-order valence-electron chi connectivity index (χ4n) is 2.75. The van der Waals surface area contributed by atoms with Crippen molar-refractivity contribution in [3.8, 4) is 0 Å². The first kappa shape index (κ1) is 13.6. The molecule has 0 radical (unpaired) electrons. The highest BCUT2D eigenvalue weighted by molar-refractivity contribution is 5.34. The predicted molar refractivity (Wildman–Crippen MR) is 77.4 cm³/mol. The van der Waals surface area contributed by atoms with Crippen LogP contribution in [0.4, 0.5) is 0 Å². The average Bonchev–Trinajstić information content (AvgIpc) is 2.75. The minimum atomic E-state index is 0.649. The minimum absolute atomic E-state index is 0.649. The molecule has 0 aliphatic carbocycles. The van der Waals surface area contributed by atoms with Crippen LogP contribution in [0.1, 0.15) is 43.9 Å². The van der Waals surface area contributed by atoms with Crippen LogP contribution in [-0.2, 0) is 19.6 Å². The van der Waals surface area contributed by atoms with Crippen molar-refractivity contribution in [3.05, 3.63) is 34.9 Å². The molecular formula is C16H26N2. The second-order valence-corrected chi connectivity index (χ2v) is 6.10. The maximum Gasteiger partial charge on any atom is 0.0233 e. The fourth-order valence-corrected chi connectivity index (χ4v) is 2.75. The topological polar surface area (TPSA) is 15.3 Å². The first-order chi connectivity index (χ1) is 8.56. The first-order valence-electron chi connectivity index (χ1n) is 7.08. The van der Waals surface area contributed by atoms with Crippen LogP contribution in [0.15, 0.2) is 18.2 Å². The van der Waals surface area contributed by atoms with Gasteiger partial charge in [-0.2, -0.15) is 0 Å². The molecule has 2 heteroatoms. The average molecular weight is 246 g/mol. The highest BCUT2D eigenvalue weighted by Gasteiger charge is 2.14. The number of rotatable bonds is 5. The van der Waals surface area contributed by atoms with Gasteiger partial charge in [-0.05, 0) is 43.0 Å². The third-order valence-corrected chi connectivity index (χ3v) is 3.90. The summed E-state index contributed by atoms with van der Waals surface area (Å²) in [4.78, 5) is 2.46. The molecule has 1 atom stereocenters. The summed E-state index contributed by atoms with van der Waals surface area (Å²) in [5.41, 5.74) is 4.39. The quantitative estimate of drug-likeness (QED) is 0.858. The lowest BCUT2D eigenvalue weighted by Gasteiger charge is -2.26. The molecule has 0 saturated carbocycles. The van der Waals surface area contributed by atoms with Crippen molar-refractivity contribution in [3.63, 3.8) is 0 Å². The SMILES string of the molecule is CC(C)CC(C)N(C)Cc1ccc2c(c1)CNC2. The summed E-state index contributed by atoms with van der Waals surface area (Å²) >= 11 is 0. The van der Waals surface area contributed by atoms with Crippen molar-refractivity contribution in [2.75, 3.05) is 7.05 Å². The van der Waals surface area contributed by atoms with Gasteiger partial charge >= 0.3 is 0 Å². The second-order valence-electron chi connectivity index (χ2n) is 6.10. The lowest BCUT2D eigenvalue weighted by molar-refractivity contribution is 0.220. The van der Waals surface area contributed by atoms with E-state index in [1.165, 1.54) is 23.1 Å². The van der Waals surface area contributed by atoms with Gasteiger partial charge in [0.25, 0.3) is 0 Å². The van der Waals surface area contributed by atoms with Gasteiger partial charge in [-0.25, -0.2) is 0 Å². The Morgan fingerprint density at radius 3 is 2.61 bits per heavy atom. The van der Waals surface area contributed by atoms with Gasteiger partial charge in [0, 0.05) is 25.7 Å². The normalized spacial score (nSPS) is 16.3. The number of nitrogens with one attached hydrogen (secondary N) is 1. The molecule has 18 heavy (non-hydrogen) atoms. The van der Waals surface area contributed by atoms with E-state index in [0.717, 1.165) is 25.6 Å². The molecule has 2 nitrogen and oxygen atoms in total. The third kappa shape index (κ3) is 3.33. The predicted octanol–water partition coefficient (Wildman–Crippen LogP) is 3.16. The summed E-state index contributed by atoms with van der Waals surface area (Å²) in [6, 6.07) is 7.58. The smallest absolute Gasteiger partial charge is 0.0233 e. The number of nitrogens with zero attached hydrogens (tertiary/aromatic N) is 1. The maximum absolute atomic E-state index is 3.40. The Hall–Kier alpha value is -0.860. The second kappa shape index (κ2) is 5.85. The molecule has 0 fully saturated rings. The monoisotopic (exact) mass is 246 g/mol. The summed E-state index contributed by atoms with van der Waals surface area (Å²) in [6.07, 6.45) is 1.27. The zero-order valence-corrected chi connectivity index (χ0v) is 12.2. The van der Waals surface area contributed by atoms with E-state index in [-0.39, 0.29) is 0 Å². The van der Waals surface area contributed by atoms with Crippen molar-refractivity contribution in [2.45, 2.75) is 52.9 Å². The lowest BCUT2D eigenvalue weighted by Crippen LogP contribution is -2.29. The van der Waals surface area contributed by atoms with E-state index in [0.29, 0.717) is 6.04 Å².